The van der Waals surface area contributed by atoms with E-state index in [0.29, 0.717) is 11.5 Å². The first-order valence-electron chi connectivity index (χ1n) is 5.26. The van der Waals surface area contributed by atoms with Crippen LogP contribution < -0.4 is 0 Å². The van der Waals surface area contributed by atoms with Crippen molar-refractivity contribution in [3.63, 3.8) is 0 Å². The zero-order valence-corrected chi connectivity index (χ0v) is 10.4. The van der Waals surface area contributed by atoms with Crippen LogP contribution in [0.2, 0.25) is 0 Å². The highest BCUT2D eigenvalue weighted by molar-refractivity contribution is 7.13. The third-order valence-electron chi connectivity index (χ3n) is 2.10. The van der Waals surface area contributed by atoms with Crippen LogP contribution >= 0.6 is 11.3 Å². The van der Waals surface area contributed by atoms with E-state index < -0.39 is 12.1 Å². The fourth-order valence-electron chi connectivity index (χ4n) is 1.31. The maximum absolute atomic E-state index is 11.4. The van der Waals surface area contributed by atoms with Gasteiger partial charge in [-0.3, -0.25) is 4.79 Å². The molecule has 0 amide bonds. The first kappa shape index (κ1) is 12.3. The van der Waals surface area contributed by atoms with Gasteiger partial charge in [-0.15, -0.1) is 11.3 Å². The van der Waals surface area contributed by atoms with Gasteiger partial charge in [0.25, 0.3) is 0 Å². The van der Waals surface area contributed by atoms with Crippen LogP contribution in [-0.2, 0) is 16.0 Å². The van der Waals surface area contributed by atoms with Gasteiger partial charge in [0.1, 0.15) is 6.07 Å². The molecule has 0 fully saturated rings. The highest BCUT2D eigenvalue weighted by atomic mass is 32.1. The zero-order valence-electron chi connectivity index (χ0n) is 9.62. The summed E-state index contributed by atoms with van der Waals surface area (Å²) in [6.45, 7) is 1.52. The molecule has 0 saturated heterocycles. The van der Waals surface area contributed by atoms with Crippen molar-refractivity contribution >= 4 is 17.3 Å². The molecule has 5 nitrogen and oxygen atoms in total. The summed E-state index contributed by atoms with van der Waals surface area (Å²) in [5, 5.41) is 11.0. The summed E-state index contributed by atoms with van der Waals surface area (Å²) in [6.07, 6.45) is 0.892. The molecule has 92 valence electrons. The number of ether oxygens (including phenoxy) is 1. The minimum atomic E-state index is -0.735. The Morgan fingerprint density at radius 3 is 3.22 bits per heavy atom. The average molecular weight is 262 g/mol. The first-order chi connectivity index (χ1) is 8.69. The van der Waals surface area contributed by atoms with E-state index in [1.807, 2.05) is 6.07 Å². The molecule has 2 heterocycles. The highest BCUT2D eigenvalue weighted by Gasteiger charge is 2.13. The van der Waals surface area contributed by atoms with Crippen LogP contribution in [0.3, 0.4) is 0 Å². The van der Waals surface area contributed by atoms with Crippen LogP contribution in [0.25, 0.3) is 10.8 Å². The maximum Gasteiger partial charge on any atom is 0.313 e. The number of furan rings is 1. The maximum atomic E-state index is 11.4. The molecule has 0 unspecified atom stereocenters. The molecule has 2 aromatic rings. The lowest BCUT2D eigenvalue weighted by Crippen LogP contribution is -2.15. The van der Waals surface area contributed by atoms with Crippen molar-refractivity contribution in [1.82, 2.24) is 4.98 Å². The van der Waals surface area contributed by atoms with Gasteiger partial charge >= 0.3 is 5.97 Å². The molecule has 0 aliphatic heterocycles. The smallest absolute Gasteiger partial charge is 0.313 e. The molecule has 0 N–H and O–H groups in total. The largest absolute Gasteiger partial charge is 0.462 e. The first-order valence-corrected chi connectivity index (χ1v) is 6.14. The Morgan fingerprint density at radius 2 is 2.56 bits per heavy atom. The van der Waals surface area contributed by atoms with Crippen LogP contribution in [0.5, 0.6) is 0 Å². The number of carbonyl (C=O) groups excluding carboxylic acids is 1. The molecule has 0 aliphatic rings. The Balaban J connectivity index is 1.99. The second-order valence-electron chi connectivity index (χ2n) is 3.56. The van der Waals surface area contributed by atoms with Gasteiger partial charge in [-0.2, -0.15) is 5.26 Å². The summed E-state index contributed by atoms with van der Waals surface area (Å²) in [5.74, 6) is 0.213. The average Bonchev–Trinajstić information content (AvgIpc) is 2.98. The van der Waals surface area contributed by atoms with Crippen molar-refractivity contribution in [3.8, 4) is 16.8 Å². The molecular formula is C12H10N2O3S. The minimum Gasteiger partial charge on any atom is -0.462 e. The Morgan fingerprint density at radius 1 is 1.72 bits per heavy atom. The Hall–Kier alpha value is -2.13. The number of aromatic nitrogens is 1. The zero-order chi connectivity index (χ0) is 13.0. The summed E-state index contributed by atoms with van der Waals surface area (Å²) < 4.78 is 10.1. The lowest BCUT2D eigenvalue weighted by molar-refractivity contribution is -0.145. The standard InChI is InChI=1S/C12H10N2O3S/c1-8(6-13)17-11(15)5-9-7-18-12(14-9)10-3-2-4-16-10/h2-4,7-8H,5H2,1H3/t8-/m0/s1. The molecule has 0 aromatic carbocycles. The summed E-state index contributed by atoms with van der Waals surface area (Å²) in [4.78, 5) is 15.7. The van der Waals surface area contributed by atoms with Gasteiger partial charge in [-0.25, -0.2) is 4.98 Å². The lowest BCUT2D eigenvalue weighted by atomic mass is 10.3. The molecule has 0 radical (unpaired) electrons. The number of esters is 1. The van der Waals surface area contributed by atoms with Crippen LogP contribution in [0.4, 0.5) is 0 Å². The van der Waals surface area contributed by atoms with Crippen molar-refractivity contribution in [2.24, 2.45) is 0 Å². The van der Waals surface area contributed by atoms with E-state index in [9.17, 15) is 4.79 Å². The molecule has 1 atom stereocenters. The monoisotopic (exact) mass is 262 g/mol. The predicted octanol–water partition coefficient (Wildman–Crippen LogP) is 2.40. The van der Waals surface area contributed by atoms with Crippen LogP contribution in [0.15, 0.2) is 28.2 Å². The number of nitriles is 1. The van der Waals surface area contributed by atoms with Crippen LogP contribution in [0.1, 0.15) is 12.6 Å². The number of hydrogen-bond donors (Lipinski definition) is 0. The van der Waals surface area contributed by atoms with Gasteiger partial charge in [0.2, 0.25) is 0 Å². The SMILES string of the molecule is C[C@@H](C#N)OC(=O)Cc1csc(-c2ccco2)n1. The van der Waals surface area contributed by atoms with Crippen molar-refractivity contribution in [1.29, 1.82) is 5.26 Å². The van der Waals surface area contributed by atoms with E-state index in [1.165, 1.54) is 18.3 Å². The molecule has 18 heavy (non-hydrogen) atoms. The third kappa shape index (κ3) is 2.96. The van der Waals surface area contributed by atoms with E-state index in [2.05, 4.69) is 4.98 Å². The van der Waals surface area contributed by atoms with Crippen LogP contribution in [-0.4, -0.2) is 17.1 Å². The van der Waals surface area contributed by atoms with Crippen molar-refractivity contribution in [2.45, 2.75) is 19.4 Å². The molecule has 0 saturated carbocycles. The van der Waals surface area contributed by atoms with Gasteiger partial charge in [-0.05, 0) is 19.1 Å². The molecular weight excluding hydrogens is 252 g/mol. The number of rotatable bonds is 4. The molecule has 2 aromatic heterocycles. The molecule has 2 rings (SSSR count). The Labute approximate surface area is 108 Å². The van der Waals surface area contributed by atoms with E-state index in [4.69, 9.17) is 14.4 Å². The summed E-state index contributed by atoms with van der Waals surface area (Å²) >= 11 is 1.40. The predicted molar refractivity (Wildman–Crippen MR) is 64.7 cm³/mol. The van der Waals surface area contributed by atoms with Gasteiger partial charge in [0.05, 0.1) is 18.4 Å². The highest BCUT2D eigenvalue weighted by Crippen LogP contribution is 2.24. The van der Waals surface area contributed by atoms with Gasteiger partial charge in [0, 0.05) is 5.38 Å². The quantitative estimate of drug-likeness (QED) is 0.791. The topological polar surface area (TPSA) is 76.1 Å². The van der Waals surface area contributed by atoms with Crippen molar-refractivity contribution in [3.05, 3.63) is 29.5 Å². The van der Waals surface area contributed by atoms with Crippen molar-refractivity contribution in [2.75, 3.05) is 0 Å². The number of carbonyl (C=O) groups is 1. The molecule has 0 spiro atoms. The summed E-state index contributed by atoms with van der Waals surface area (Å²) in [6, 6.07) is 5.41. The second-order valence-corrected chi connectivity index (χ2v) is 4.42. The number of thiazole rings is 1. The second kappa shape index (κ2) is 5.47. The van der Waals surface area contributed by atoms with Gasteiger partial charge in [0.15, 0.2) is 16.9 Å². The molecule has 0 aliphatic carbocycles. The van der Waals surface area contributed by atoms with Gasteiger partial charge in [-0.1, -0.05) is 0 Å². The number of hydrogen-bond acceptors (Lipinski definition) is 6. The molecule has 0 bridgehead atoms. The lowest BCUT2D eigenvalue weighted by Gasteiger charge is -2.03. The normalized spacial score (nSPS) is 11.8. The van der Waals surface area contributed by atoms with E-state index >= 15 is 0 Å². The van der Waals surface area contributed by atoms with E-state index in [-0.39, 0.29) is 6.42 Å². The fraction of sp³-hybridized carbons (Fsp3) is 0.250. The third-order valence-corrected chi connectivity index (χ3v) is 3.00. The summed E-state index contributed by atoms with van der Waals surface area (Å²) in [7, 11) is 0. The molecule has 6 heteroatoms. The Bertz CT molecular complexity index is 568. The Kier molecular flexibility index (Phi) is 3.75. The van der Waals surface area contributed by atoms with Crippen LogP contribution in [0, 0.1) is 11.3 Å². The fourth-order valence-corrected chi connectivity index (χ4v) is 2.10. The summed E-state index contributed by atoms with van der Waals surface area (Å²) in [5.41, 5.74) is 0.613. The van der Waals surface area contributed by atoms with Crippen molar-refractivity contribution < 1.29 is 13.9 Å². The van der Waals surface area contributed by atoms with E-state index in [1.54, 1.807) is 23.8 Å². The minimum absolute atomic E-state index is 0.0588. The van der Waals surface area contributed by atoms with E-state index in [0.717, 1.165) is 5.01 Å². The number of nitrogens with zero attached hydrogens (tertiary/aromatic N) is 2. The van der Waals surface area contributed by atoms with Gasteiger partial charge < -0.3 is 9.15 Å².